The Bertz CT molecular complexity index is 864. The molecule has 28 heavy (non-hydrogen) atoms. The first kappa shape index (κ1) is 18.9. The Labute approximate surface area is 169 Å². The van der Waals surface area contributed by atoms with Crippen molar-refractivity contribution in [1.82, 2.24) is 5.32 Å². The molecule has 4 rings (SSSR count). The van der Waals surface area contributed by atoms with Crippen molar-refractivity contribution in [2.75, 3.05) is 29.1 Å². The third-order valence-corrected chi connectivity index (χ3v) is 6.34. The molecule has 0 saturated heterocycles. The average molecular weight is 396 g/mol. The summed E-state index contributed by atoms with van der Waals surface area (Å²) in [5.74, 6) is 0.746. The summed E-state index contributed by atoms with van der Waals surface area (Å²) >= 11 is 1.82. The molecule has 1 heterocycles. The van der Waals surface area contributed by atoms with Gasteiger partial charge in [0.1, 0.15) is 0 Å². The lowest BCUT2D eigenvalue weighted by atomic mass is 10.1. The van der Waals surface area contributed by atoms with E-state index in [1.165, 1.54) is 17.7 Å². The zero-order valence-electron chi connectivity index (χ0n) is 15.8. The predicted molar refractivity (Wildman–Crippen MR) is 114 cm³/mol. The number of benzene rings is 2. The van der Waals surface area contributed by atoms with Gasteiger partial charge in [0.15, 0.2) is 0 Å². The molecule has 2 amide bonds. The second-order valence-electron chi connectivity index (χ2n) is 7.29. The van der Waals surface area contributed by atoms with E-state index >= 15 is 0 Å². The van der Waals surface area contributed by atoms with Gasteiger partial charge in [-0.2, -0.15) is 0 Å². The Morgan fingerprint density at radius 2 is 1.79 bits per heavy atom. The average Bonchev–Trinajstić information content (AvgIpc) is 3.21. The maximum atomic E-state index is 12.7. The number of para-hydroxylation sites is 2. The molecular weight excluding hydrogens is 370 g/mol. The normalized spacial score (nSPS) is 16.5. The number of nitrogens with one attached hydrogen (secondary N) is 2. The zero-order chi connectivity index (χ0) is 19.3. The Morgan fingerprint density at radius 1 is 1.04 bits per heavy atom. The van der Waals surface area contributed by atoms with E-state index < -0.39 is 0 Å². The minimum atomic E-state index is -0.109. The van der Waals surface area contributed by atoms with Crippen LogP contribution in [0.4, 0.5) is 11.4 Å². The third-order valence-electron chi connectivity index (χ3n) is 5.30. The van der Waals surface area contributed by atoms with Gasteiger partial charge >= 0.3 is 0 Å². The molecule has 0 spiro atoms. The van der Waals surface area contributed by atoms with E-state index in [1.54, 1.807) is 12.1 Å². The van der Waals surface area contributed by atoms with Gasteiger partial charge < -0.3 is 15.5 Å². The Kier molecular flexibility index (Phi) is 5.86. The topological polar surface area (TPSA) is 61.4 Å². The van der Waals surface area contributed by atoms with Crippen LogP contribution in [-0.4, -0.2) is 36.7 Å². The lowest BCUT2D eigenvalue weighted by Crippen LogP contribution is -2.37. The largest absolute Gasteiger partial charge is 0.360 e. The Hall–Kier alpha value is -2.47. The highest BCUT2D eigenvalue weighted by Crippen LogP contribution is 2.34. The van der Waals surface area contributed by atoms with Gasteiger partial charge in [-0.1, -0.05) is 37.1 Å². The van der Waals surface area contributed by atoms with Crippen molar-refractivity contribution < 1.29 is 9.59 Å². The molecule has 1 aliphatic carbocycles. The van der Waals surface area contributed by atoms with Crippen LogP contribution in [0, 0.1) is 0 Å². The molecule has 1 saturated carbocycles. The Balaban J connectivity index is 1.43. The Morgan fingerprint density at radius 3 is 2.64 bits per heavy atom. The quantitative estimate of drug-likeness (QED) is 0.806. The smallest absolute Gasteiger partial charge is 0.253 e. The van der Waals surface area contributed by atoms with Crippen molar-refractivity contribution in [2.45, 2.75) is 36.6 Å². The fourth-order valence-electron chi connectivity index (χ4n) is 3.88. The van der Waals surface area contributed by atoms with Crippen molar-refractivity contribution in [1.29, 1.82) is 0 Å². The number of hydrogen-bond donors (Lipinski definition) is 2. The number of nitrogens with zero attached hydrogens (tertiary/aromatic N) is 1. The van der Waals surface area contributed by atoms with Crippen molar-refractivity contribution in [2.24, 2.45) is 0 Å². The number of thioether (sulfide) groups is 1. The minimum Gasteiger partial charge on any atom is -0.360 e. The summed E-state index contributed by atoms with van der Waals surface area (Å²) in [7, 11) is 0. The minimum absolute atomic E-state index is 0.109. The molecule has 0 bridgehead atoms. The van der Waals surface area contributed by atoms with E-state index in [9.17, 15) is 9.59 Å². The van der Waals surface area contributed by atoms with Crippen molar-refractivity contribution >= 4 is 35.0 Å². The fraction of sp³-hybridized carbons (Fsp3) is 0.364. The molecular formula is C22H25N3O2S. The van der Waals surface area contributed by atoms with Crippen LogP contribution in [-0.2, 0) is 4.79 Å². The summed E-state index contributed by atoms with van der Waals surface area (Å²) in [6.07, 6.45) is 4.40. The monoisotopic (exact) mass is 395 g/mol. The third kappa shape index (κ3) is 4.33. The standard InChI is InChI=1S/C22H25N3O2S/c26-21(15-25-13-14-28-20-12-6-5-11-19(20)25)24-18-10-4-3-9-17(18)22(27)23-16-7-1-2-8-16/h3-6,9-12,16H,1-2,7-8,13-15H2,(H,23,27)(H,24,26). The number of carbonyl (C=O) groups excluding carboxylic acids is 2. The van der Waals surface area contributed by atoms with Crippen LogP contribution in [0.1, 0.15) is 36.0 Å². The van der Waals surface area contributed by atoms with Crippen molar-refractivity contribution in [3.8, 4) is 0 Å². The van der Waals surface area contributed by atoms with Gasteiger partial charge in [0.2, 0.25) is 5.91 Å². The van der Waals surface area contributed by atoms with E-state index in [4.69, 9.17) is 0 Å². The molecule has 0 unspecified atom stereocenters. The van der Waals surface area contributed by atoms with Crippen molar-refractivity contribution in [3.05, 3.63) is 54.1 Å². The predicted octanol–water partition coefficient (Wildman–Crippen LogP) is 3.91. The molecule has 5 nitrogen and oxygen atoms in total. The highest BCUT2D eigenvalue weighted by Gasteiger charge is 2.22. The van der Waals surface area contributed by atoms with Gasteiger partial charge in [0.05, 0.1) is 23.5 Å². The lowest BCUT2D eigenvalue weighted by molar-refractivity contribution is -0.115. The van der Waals surface area contributed by atoms with Crippen LogP contribution < -0.4 is 15.5 Å². The van der Waals surface area contributed by atoms with Crippen molar-refractivity contribution in [3.63, 3.8) is 0 Å². The first-order valence-corrected chi connectivity index (χ1v) is 10.9. The summed E-state index contributed by atoms with van der Waals surface area (Å²) < 4.78 is 0. The van der Waals surface area contributed by atoms with E-state index in [0.29, 0.717) is 11.3 Å². The molecule has 0 aromatic heterocycles. The van der Waals surface area contributed by atoms with Gasteiger partial charge in [-0.25, -0.2) is 0 Å². The molecule has 6 heteroatoms. The fourth-order valence-corrected chi connectivity index (χ4v) is 4.93. The molecule has 2 aliphatic rings. The second-order valence-corrected chi connectivity index (χ2v) is 8.42. The number of amides is 2. The van der Waals surface area contributed by atoms with Gasteiger partial charge in [-0.3, -0.25) is 9.59 Å². The van der Waals surface area contributed by atoms with Crippen LogP contribution >= 0.6 is 11.8 Å². The summed E-state index contributed by atoms with van der Waals surface area (Å²) in [4.78, 5) is 28.7. The van der Waals surface area contributed by atoms with Gasteiger partial charge in [-0.15, -0.1) is 11.8 Å². The van der Waals surface area contributed by atoms with E-state index in [2.05, 4.69) is 27.7 Å². The summed E-state index contributed by atoms with van der Waals surface area (Å²) in [5.41, 5.74) is 2.20. The molecule has 1 aliphatic heterocycles. The SMILES string of the molecule is O=C(CN1CCSc2ccccc21)Nc1ccccc1C(=O)NC1CCCC1. The van der Waals surface area contributed by atoms with Gasteiger partial charge in [-0.05, 0) is 37.1 Å². The molecule has 0 atom stereocenters. The first-order chi connectivity index (χ1) is 13.7. The van der Waals surface area contributed by atoms with Crippen LogP contribution in [0.3, 0.4) is 0 Å². The molecule has 2 aromatic rings. The molecule has 146 valence electrons. The van der Waals surface area contributed by atoms with Crippen LogP contribution in [0.25, 0.3) is 0 Å². The van der Waals surface area contributed by atoms with E-state index in [-0.39, 0.29) is 24.4 Å². The maximum Gasteiger partial charge on any atom is 0.253 e. The summed E-state index contributed by atoms with van der Waals surface area (Å²) in [6.45, 7) is 1.11. The van der Waals surface area contributed by atoms with E-state index in [1.807, 2.05) is 36.0 Å². The first-order valence-electron chi connectivity index (χ1n) is 9.87. The highest BCUT2D eigenvalue weighted by molar-refractivity contribution is 7.99. The second kappa shape index (κ2) is 8.69. The molecule has 0 radical (unpaired) electrons. The molecule has 2 aromatic carbocycles. The van der Waals surface area contributed by atoms with Crippen LogP contribution in [0.5, 0.6) is 0 Å². The summed E-state index contributed by atoms with van der Waals surface area (Å²) in [5, 5.41) is 6.05. The lowest BCUT2D eigenvalue weighted by Gasteiger charge is -2.30. The highest BCUT2D eigenvalue weighted by atomic mass is 32.2. The van der Waals surface area contributed by atoms with E-state index in [0.717, 1.165) is 30.8 Å². The van der Waals surface area contributed by atoms with Crippen LogP contribution in [0.15, 0.2) is 53.4 Å². The summed E-state index contributed by atoms with van der Waals surface area (Å²) in [6, 6.07) is 15.6. The molecule has 1 fully saturated rings. The maximum absolute atomic E-state index is 12.7. The molecule has 2 N–H and O–H groups in total. The van der Waals surface area contributed by atoms with Gasteiger partial charge in [0.25, 0.3) is 5.91 Å². The number of carbonyl (C=O) groups is 2. The number of anilines is 2. The van der Waals surface area contributed by atoms with Crippen LogP contribution in [0.2, 0.25) is 0 Å². The van der Waals surface area contributed by atoms with Gasteiger partial charge in [0, 0.05) is 23.2 Å². The number of rotatable bonds is 5. The number of hydrogen-bond acceptors (Lipinski definition) is 4. The number of fused-ring (bicyclic) bond motifs is 1. The zero-order valence-corrected chi connectivity index (χ0v) is 16.6.